The first kappa shape index (κ1) is 11.7. The molecule has 90 valence electrons. The maximum Gasteiger partial charge on any atom is 0.239 e. The summed E-state index contributed by atoms with van der Waals surface area (Å²) in [5.74, 6) is 0. The van der Waals surface area contributed by atoms with E-state index in [1.807, 2.05) is 41.1 Å². The Labute approximate surface area is 115 Å². The lowest BCUT2D eigenvalue weighted by Gasteiger charge is -2.03. The molecule has 4 heteroatoms. The molecule has 0 spiro atoms. The van der Waals surface area contributed by atoms with Crippen molar-refractivity contribution in [2.24, 2.45) is 0 Å². The van der Waals surface area contributed by atoms with Crippen LogP contribution in [0, 0.1) is 0 Å². The summed E-state index contributed by atoms with van der Waals surface area (Å²) in [6, 6.07) is 11.6. The molecule has 0 aliphatic carbocycles. The predicted molar refractivity (Wildman–Crippen MR) is 75.1 cm³/mol. The summed E-state index contributed by atoms with van der Waals surface area (Å²) in [6.07, 6.45) is 0. The molecule has 0 bridgehead atoms. The zero-order chi connectivity index (χ0) is 12.7. The van der Waals surface area contributed by atoms with Crippen LogP contribution >= 0.6 is 23.2 Å². The number of aryl methyl sites for hydroxylation is 1. The maximum absolute atomic E-state index is 6.09. The van der Waals surface area contributed by atoms with Crippen LogP contribution in [-0.4, -0.2) is 5.10 Å². The molecule has 0 radical (unpaired) electrons. The van der Waals surface area contributed by atoms with Crippen LogP contribution in [-0.2, 0) is 6.54 Å². The van der Waals surface area contributed by atoms with Gasteiger partial charge in [0, 0.05) is 26.6 Å². The van der Waals surface area contributed by atoms with Gasteiger partial charge in [0.1, 0.15) is 5.52 Å². The van der Waals surface area contributed by atoms with E-state index in [1.54, 1.807) is 0 Å². The minimum atomic E-state index is 0.708. The van der Waals surface area contributed by atoms with Crippen molar-refractivity contribution in [1.82, 2.24) is 5.10 Å². The lowest BCUT2D eigenvalue weighted by Crippen LogP contribution is -2.37. The second-order valence-corrected chi connectivity index (χ2v) is 5.01. The number of nitrogens with zero attached hydrogens (tertiary/aromatic N) is 2. The Morgan fingerprint density at radius 2 is 1.67 bits per heavy atom. The molecule has 0 aliphatic rings. The highest BCUT2D eigenvalue weighted by molar-refractivity contribution is 6.32. The number of hydrogen-bond acceptors (Lipinski definition) is 1. The average molecular weight is 278 g/mol. The lowest BCUT2D eigenvalue weighted by molar-refractivity contribution is -0.724. The third-order valence-corrected chi connectivity index (χ3v) is 3.48. The lowest BCUT2D eigenvalue weighted by atomic mass is 10.1. The van der Waals surface area contributed by atoms with Gasteiger partial charge in [-0.3, -0.25) is 0 Å². The molecule has 0 saturated heterocycles. The van der Waals surface area contributed by atoms with Crippen LogP contribution in [0.4, 0.5) is 0 Å². The van der Waals surface area contributed by atoms with E-state index >= 15 is 0 Å². The van der Waals surface area contributed by atoms with E-state index in [4.69, 9.17) is 23.2 Å². The van der Waals surface area contributed by atoms with Gasteiger partial charge in [-0.15, -0.1) is 0 Å². The van der Waals surface area contributed by atoms with Gasteiger partial charge in [-0.2, -0.15) is 0 Å². The Bertz CT molecular complexity index is 753. The third-order valence-electron chi connectivity index (χ3n) is 3.01. The van der Waals surface area contributed by atoms with Gasteiger partial charge in [0.15, 0.2) is 6.54 Å². The average Bonchev–Trinajstić information content (AvgIpc) is 2.38. The zero-order valence-electron chi connectivity index (χ0n) is 9.82. The summed E-state index contributed by atoms with van der Waals surface area (Å²) in [6.45, 7) is 2.89. The summed E-state index contributed by atoms with van der Waals surface area (Å²) in [4.78, 5) is 0. The monoisotopic (exact) mass is 277 g/mol. The number of aromatic nitrogens is 2. The highest BCUT2D eigenvalue weighted by atomic mass is 35.5. The van der Waals surface area contributed by atoms with Crippen molar-refractivity contribution < 1.29 is 4.68 Å². The van der Waals surface area contributed by atoms with Crippen molar-refractivity contribution in [3.05, 3.63) is 46.4 Å². The molecule has 2 aromatic carbocycles. The van der Waals surface area contributed by atoms with E-state index in [9.17, 15) is 0 Å². The summed E-state index contributed by atoms with van der Waals surface area (Å²) in [5.41, 5.74) is 1.99. The summed E-state index contributed by atoms with van der Waals surface area (Å²) in [7, 11) is 0. The topological polar surface area (TPSA) is 16.8 Å². The second kappa shape index (κ2) is 4.38. The Balaban J connectivity index is 2.55. The Morgan fingerprint density at radius 3 is 2.39 bits per heavy atom. The first-order valence-electron chi connectivity index (χ1n) is 5.77. The van der Waals surface area contributed by atoms with Crippen molar-refractivity contribution >= 4 is 45.0 Å². The first-order chi connectivity index (χ1) is 8.69. The highest BCUT2D eigenvalue weighted by Gasteiger charge is 2.14. The van der Waals surface area contributed by atoms with Crippen LogP contribution < -0.4 is 4.68 Å². The van der Waals surface area contributed by atoms with Crippen molar-refractivity contribution in [3.8, 4) is 0 Å². The van der Waals surface area contributed by atoms with Crippen molar-refractivity contribution in [2.75, 3.05) is 0 Å². The molecule has 1 heterocycles. The number of fused-ring (bicyclic) bond motifs is 3. The molecule has 3 aromatic rings. The zero-order valence-corrected chi connectivity index (χ0v) is 11.3. The molecule has 1 aromatic heterocycles. The molecule has 0 N–H and O–H groups in total. The summed E-state index contributed by atoms with van der Waals surface area (Å²) >= 11 is 12.2. The molecular formula is C14H11Cl2N2+. The number of hydrogen-bond donors (Lipinski definition) is 0. The molecule has 0 amide bonds. The molecular weight excluding hydrogens is 267 g/mol. The number of halogens is 2. The second-order valence-electron chi connectivity index (χ2n) is 4.14. The molecule has 3 rings (SSSR count). The Kier molecular flexibility index (Phi) is 2.84. The van der Waals surface area contributed by atoms with Gasteiger partial charge in [0.2, 0.25) is 5.52 Å². The van der Waals surface area contributed by atoms with Crippen LogP contribution in [0.2, 0.25) is 10.0 Å². The Hall–Kier alpha value is -1.38. The fraction of sp³-hybridized carbons (Fsp3) is 0.143. The molecule has 0 unspecified atom stereocenters. The van der Waals surface area contributed by atoms with Crippen molar-refractivity contribution in [3.63, 3.8) is 0 Å². The first-order valence-corrected chi connectivity index (χ1v) is 6.53. The predicted octanol–water partition coefficient (Wildman–Crippen LogP) is 4.00. The molecule has 0 saturated carbocycles. The quantitative estimate of drug-likeness (QED) is 0.485. The standard InChI is InChI=1S/C14H11Cl2N2/c1-2-18-14-6-4-10(16)8-12(14)11-7-9(15)3-5-13(11)17-18/h3-8H,2H2,1H3/q+1. The van der Waals surface area contributed by atoms with Gasteiger partial charge < -0.3 is 0 Å². The van der Waals surface area contributed by atoms with Gasteiger partial charge in [-0.05, 0) is 37.3 Å². The fourth-order valence-electron chi connectivity index (χ4n) is 2.19. The largest absolute Gasteiger partial charge is 0.239 e. The van der Waals surface area contributed by atoms with E-state index in [2.05, 4.69) is 12.0 Å². The minimum absolute atomic E-state index is 0.708. The maximum atomic E-state index is 6.09. The van der Waals surface area contributed by atoms with Gasteiger partial charge in [0.05, 0.1) is 5.39 Å². The van der Waals surface area contributed by atoms with E-state index in [0.717, 1.165) is 33.4 Å². The SMILES string of the molecule is CC[n+]1nc2ccc(Cl)cc2c2cc(Cl)ccc21. The fourth-order valence-corrected chi connectivity index (χ4v) is 2.53. The summed E-state index contributed by atoms with van der Waals surface area (Å²) < 4.78 is 1.97. The van der Waals surface area contributed by atoms with E-state index < -0.39 is 0 Å². The number of benzene rings is 2. The normalized spacial score (nSPS) is 11.3. The smallest absolute Gasteiger partial charge is 0.0843 e. The van der Waals surface area contributed by atoms with Crippen LogP contribution in [0.25, 0.3) is 21.8 Å². The van der Waals surface area contributed by atoms with E-state index in [0.29, 0.717) is 5.02 Å². The summed E-state index contributed by atoms with van der Waals surface area (Å²) in [5, 5.41) is 8.15. The van der Waals surface area contributed by atoms with Crippen molar-refractivity contribution in [2.45, 2.75) is 13.5 Å². The third kappa shape index (κ3) is 1.82. The van der Waals surface area contributed by atoms with Crippen LogP contribution in [0.5, 0.6) is 0 Å². The van der Waals surface area contributed by atoms with Gasteiger partial charge in [-0.25, -0.2) is 0 Å². The molecule has 2 nitrogen and oxygen atoms in total. The Morgan fingerprint density at radius 1 is 1.00 bits per heavy atom. The van der Waals surface area contributed by atoms with Crippen LogP contribution in [0.1, 0.15) is 6.92 Å². The molecule has 0 aliphatic heterocycles. The highest BCUT2D eigenvalue weighted by Crippen LogP contribution is 2.26. The van der Waals surface area contributed by atoms with Crippen LogP contribution in [0.3, 0.4) is 0 Å². The molecule has 0 fully saturated rings. The van der Waals surface area contributed by atoms with Crippen molar-refractivity contribution in [1.29, 1.82) is 0 Å². The minimum Gasteiger partial charge on any atom is -0.0843 e. The van der Waals surface area contributed by atoms with E-state index in [-0.39, 0.29) is 0 Å². The molecule has 18 heavy (non-hydrogen) atoms. The molecule has 0 atom stereocenters. The van der Waals surface area contributed by atoms with Gasteiger partial charge in [-0.1, -0.05) is 27.9 Å². The van der Waals surface area contributed by atoms with E-state index in [1.165, 1.54) is 0 Å². The van der Waals surface area contributed by atoms with Crippen LogP contribution in [0.15, 0.2) is 36.4 Å². The van der Waals surface area contributed by atoms with Gasteiger partial charge in [0.25, 0.3) is 0 Å². The number of rotatable bonds is 1. The van der Waals surface area contributed by atoms with Gasteiger partial charge >= 0.3 is 0 Å².